The lowest BCUT2D eigenvalue weighted by atomic mass is 10.1. The average Bonchev–Trinajstić information content (AvgIpc) is 2.46. The van der Waals surface area contributed by atoms with E-state index in [0.29, 0.717) is 22.1 Å². The van der Waals surface area contributed by atoms with E-state index in [9.17, 15) is 4.39 Å². The molecular weight excluding hydrogens is 295 g/mol. The Labute approximate surface area is 127 Å². The molecule has 0 spiro atoms. The fourth-order valence-electron chi connectivity index (χ4n) is 1.98. The predicted molar refractivity (Wildman–Crippen MR) is 79.4 cm³/mol. The summed E-state index contributed by atoms with van der Waals surface area (Å²) in [6.45, 7) is 1.93. The summed E-state index contributed by atoms with van der Waals surface area (Å²) >= 11 is 6.15. The first-order chi connectivity index (χ1) is 10.0. The second kappa shape index (κ2) is 6.78. The molecule has 0 aromatic heterocycles. The van der Waals surface area contributed by atoms with Crippen LogP contribution in [0.4, 0.5) is 4.39 Å². The minimum absolute atomic E-state index is 0.132. The van der Waals surface area contributed by atoms with Gasteiger partial charge in [-0.2, -0.15) is 0 Å². The lowest BCUT2D eigenvalue weighted by Gasteiger charge is -2.14. The molecule has 2 aromatic rings. The zero-order valence-corrected chi connectivity index (χ0v) is 12.6. The number of methoxy groups -OCH3 is 1. The molecule has 0 bridgehead atoms. The maximum Gasteiger partial charge on any atom is 0.180 e. The van der Waals surface area contributed by atoms with Crippen molar-refractivity contribution < 1.29 is 19.0 Å². The Hall–Kier alpha value is -1.78. The summed E-state index contributed by atoms with van der Waals surface area (Å²) in [5.74, 6) is 0.575. The molecule has 0 saturated carbocycles. The molecule has 0 fully saturated rings. The molecule has 5 heteroatoms. The maximum atomic E-state index is 13.1. The van der Waals surface area contributed by atoms with Gasteiger partial charge >= 0.3 is 0 Å². The van der Waals surface area contributed by atoms with Gasteiger partial charge in [0.05, 0.1) is 18.7 Å². The molecule has 0 saturated heterocycles. The van der Waals surface area contributed by atoms with E-state index in [1.54, 1.807) is 18.2 Å². The molecule has 0 aliphatic rings. The quantitative estimate of drug-likeness (QED) is 0.911. The van der Waals surface area contributed by atoms with Crippen LogP contribution in [0.5, 0.6) is 11.5 Å². The first-order valence-corrected chi connectivity index (χ1v) is 6.78. The number of benzene rings is 2. The summed E-state index contributed by atoms with van der Waals surface area (Å²) < 4.78 is 24.0. The first kappa shape index (κ1) is 15.6. The van der Waals surface area contributed by atoms with Crippen LogP contribution in [-0.4, -0.2) is 12.2 Å². The van der Waals surface area contributed by atoms with Crippen molar-refractivity contribution in [1.29, 1.82) is 0 Å². The highest BCUT2D eigenvalue weighted by Gasteiger charge is 2.12. The molecular formula is C16H16ClFO3. The van der Waals surface area contributed by atoms with Crippen LogP contribution in [0.2, 0.25) is 5.02 Å². The summed E-state index contributed by atoms with van der Waals surface area (Å²) in [6, 6.07) is 7.80. The lowest BCUT2D eigenvalue weighted by molar-refractivity contribution is 0.274. The van der Waals surface area contributed by atoms with Gasteiger partial charge in [-0.05, 0) is 47.9 Å². The zero-order chi connectivity index (χ0) is 15.4. The van der Waals surface area contributed by atoms with Crippen molar-refractivity contribution in [3.05, 3.63) is 57.9 Å². The van der Waals surface area contributed by atoms with E-state index in [4.69, 9.17) is 26.2 Å². The van der Waals surface area contributed by atoms with Crippen molar-refractivity contribution in [2.24, 2.45) is 0 Å². The second-order valence-corrected chi connectivity index (χ2v) is 5.03. The van der Waals surface area contributed by atoms with Gasteiger partial charge in [-0.3, -0.25) is 0 Å². The number of hydrogen-bond donors (Lipinski definition) is 1. The van der Waals surface area contributed by atoms with Crippen LogP contribution >= 0.6 is 11.6 Å². The van der Waals surface area contributed by atoms with Crippen LogP contribution in [0.3, 0.4) is 0 Å². The molecule has 1 N–H and O–H groups in total. The van der Waals surface area contributed by atoms with E-state index in [-0.39, 0.29) is 19.0 Å². The Morgan fingerprint density at radius 2 is 2.00 bits per heavy atom. The van der Waals surface area contributed by atoms with Crippen LogP contribution in [0, 0.1) is 12.7 Å². The SMILES string of the molecule is COc1cc(CO)cc(Cl)c1OCc1ccc(F)cc1C. The fourth-order valence-corrected chi connectivity index (χ4v) is 2.26. The summed E-state index contributed by atoms with van der Waals surface area (Å²) in [5, 5.41) is 9.51. The van der Waals surface area contributed by atoms with E-state index >= 15 is 0 Å². The summed E-state index contributed by atoms with van der Waals surface area (Å²) in [4.78, 5) is 0. The van der Waals surface area contributed by atoms with E-state index in [2.05, 4.69) is 0 Å². The van der Waals surface area contributed by atoms with Gasteiger partial charge in [-0.25, -0.2) is 4.39 Å². The summed E-state index contributed by atoms with van der Waals surface area (Å²) in [5.41, 5.74) is 2.31. The Kier molecular flexibility index (Phi) is 5.04. The summed E-state index contributed by atoms with van der Waals surface area (Å²) in [7, 11) is 1.50. The number of hydrogen-bond acceptors (Lipinski definition) is 3. The molecule has 112 valence electrons. The molecule has 0 aliphatic carbocycles. The molecule has 2 rings (SSSR count). The lowest BCUT2D eigenvalue weighted by Crippen LogP contribution is -2.01. The van der Waals surface area contributed by atoms with Crippen LogP contribution in [0.1, 0.15) is 16.7 Å². The highest BCUT2D eigenvalue weighted by atomic mass is 35.5. The standard InChI is InChI=1S/C16H16ClFO3/c1-10-5-13(18)4-3-12(10)9-21-16-14(17)6-11(8-19)7-15(16)20-2/h3-7,19H,8-9H2,1-2H3. The number of ether oxygens (including phenoxy) is 2. The number of halogens is 2. The number of aryl methyl sites for hydroxylation is 1. The van der Waals surface area contributed by atoms with Gasteiger partial charge in [0, 0.05) is 0 Å². The van der Waals surface area contributed by atoms with Gasteiger partial charge in [0.15, 0.2) is 11.5 Å². The van der Waals surface area contributed by atoms with Crippen molar-refractivity contribution in [3.63, 3.8) is 0 Å². The van der Waals surface area contributed by atoms with Gasteiger partial charge < -0.3 is 14.6 Å². The van der Waals surface area contributed by atoms with E-state index in [0.717, 1.165) is 11.1 Å². The monoisotopic (exact) mass is 310 g/mol. The van der Waals surface area contributed by atoms with Gasteiger partial charge in [-0.1, -0.05) is 17.7 Å². The molecule has 3 nitrogen and oxygen atoms in total. The van der Waals surface area contributed by atoms with E-state index < -0.39 is 0 Å². The van der Waals surface area contributed by atoms with Gasteiger partial charge in [0.2, 0.25) is 0 Å². The number of aliphatic hydroxyl groups is 1. The topological polar surface area (TPSA) is 38.7 Å². The van der Waals surface area contributed by atoms with Gasteiger partial charge in [0.1, 0.15) is 12.4 Å². The van der Waals surface area contributed by atoms with Crippen molar-refractivity contribution >= 4 is 11.6 Å². The van der Waals surface area contributed by atoms with E-state index in [1.807, 2.05) is 6.92 Å². The Morgan fingerprint density at radius 1 is 1.24 bits per heavy atom. The van der Waals surface area contributed by atoms with Gasteiger partial charge in [0.25, 0.3) is 0 Å². The number of aliphatic hydroxyl groups excluding tert-OH is 1. The maximum absolute atomic E-state index is 13.1. The van der Waals surface area contributed by atoms with E-state index in [1.165, 1.54) is 19.2 Å². The van der Waals surface area contributed by atoms with Crippen molar-refractivity contribution in [2.45, 2.75) is 20.1 Å². The number of rotatable bonds is 5. The van der Waals surface area contributed by atoms with Gasteiger partial charge in [-0.15, -0.1) is 0 Å². The predicted octanol–water partition coefficient (Wildman–Crippen LogP) is 3.87. The normalized spacial score (nSPS) is 10.5. The largest absolute Gasteiger partial charge is 0.493 e. The molecule has 0 atom stereocenters. The molecule has 0 heterocycles. The van der Waals surface area contributed by atoms with Crippen molar-refractivity contribution in [1.82, 2.24) is 0 Å². The van der Waals surface area contributed by atoms with Crippen LogP contribution in [-0.2, 0) is 13.2 Å². The molecule has 2 aromatic carbocycles. The smallest absolute Gasteiger partial charge is 0.180 e. The molecule has 0 radical (unpaired) electrons. The highest BCUT2D eigenvalue weighted by molar-refractivity contribution is 6.32. The Balaban J connectivity index is 2.23. The molecule has 0 amide bonds. The molecule has 21 heavy (non-hydrogen) atoms. The Morgan fingerprint density at radius 3 is 2.62 bits per heavy atom. The zero-order valence-electron chi connectivity index (χ0n) is 11.8. The van der Waals surface area contributed by atoms with Crippen molar-refractivity contribution in [2.75, 3.05) is 7.11 Å². The second-order valence-electron chi connectivity index (χ2n) is 4.63. The highest BCUT2D eigenvalue weighted by Crippen LogP contribution is 2.37. The fraction of sp³-hybridized carbons (Fsp3) is 0.250. The minimum atomic E-state index is -0.279. The van der Waals surface area contributed by atoms with Crippen LogP contribution in [0.25, 0.3) is 0 Å². The molecule has 0 unspecified atom stereocenters. The van der Waals surface area contributed by atoms with Crippen molar-refractivity contribution in [3.8, 4) is 11.5 Å². The Bertz CT molecular complexity index is 644. The first-order valence-electron chi connectivity index (χ1n) is 6.40. The third kappa shape index (κ3) is 3.65. The average molecular weight is 311 g/mol. The van der Waals surface area contributed by atoms with Crippen LogP contribution in [0.15, 0.2) is 30.3 Å². The minimum Gasteiger partial charge on any atom is -0.493 e. The van der Waals surface area contributed by atoms with Crippen LogP contribution < -0.4 is 9.47 Å². The summed E-state index contributed by atoms with van der Waals surface area (Å²) in [6.07, 6.45) is 0. The third-order valence-electron chi connectivity index (χ3n) is 3.15. The third-order valence-corrected chi connectivity index (χ3v) is 3.43. The molecule has 0 aliphatic heterocycles.